The molecule has 0 atom stereocenters. The van der Waals surface area contributed by atoms with Gasteiger partial charge in [-0.15, -0.1) is 0 Å². The van der Waals surface area contributed by atoms with Gasteiger partial charge in [-0.3, -0.25) is 4.79 Å². The third-order valence-corrected chi connectivity index (χ3v) is 4.11. The molecule has 0 unspecified atom stereocenters. The number of H-pyrrole nitrogens is 2. The first kappa shape index (κ1) is 15.8. The van der Waals surface area contributed by atoms with Crippen LogP contribution in [-0.2, 0) is 0 Å². The number of imidazole rings is 1. The summed E-state index contributed by atoms with van der Waals surface area (Å²) in [5, 5.41) is 4.12. The predicted octanol–water partition coefficient (Wildman–Crippen LogP) is 2.64. The van der Waals surface area contributed by atoms with Crippen molar-refractivity contribution in [1.29, 1.82) is 0 Å². The lowest BCUT2D eigenvalue weighted by Crippen LogP contribution is -1.99. The fourth-order valence-corrected chi connectivity index (χ4v) is 2.83. The van der Waals surface area contributed by atoms with Gasteiger partial charge in [0.1, 0.15) is 12.7 Å². The smallest absolute Gasteiger partial charge is 0.306 e. The molecular weight excluding hydrogens is 330 g/mol. The van der Waals surface area contributed by atoms with E-state index >= 15 is 0 Å². The molecule has 7 heteroatoms. The molecule has 128 valence electrons. The summed E-state index contributed by atoms with van der Waals surface area (Å²) in [5.41, 5.74) is 4.39. The van der Waals surface area contributed by atoms with Crippen molar-refractivity contribution in [3.63, 3.8) is 0 Å². The molecule has 2 N–H and O–H groups in total. The van der Waals surface area contributed by atoms with E-state index in [9.17, 15) is 9.59 Å². The van der Waals surface area contributed by atoms with Gasteiger partial charge >= 0.3 is 5.69 Å². The van der Waals surface area contributed by atoms with Crippen LogP contribution in [0, 0.1) is 6.92 Å². The first-order valence-corrected chi connectivity index (χ1v) is 8.00. The molecule has 26 heavy (non-hydrogen) atoms. The van der Waals surface area contributed by atoms with Gasteiger partial charge < -0.3 is 9.97 Å². The number of fused-ring (bicyclic) bond motifs is 1. The third-order valence-electron chi connectivity index (χ3n) is 4.11. The zero-order valence-electron chi connectivity index (χ0n) is 13.9. The van der Waals surface area contributed by atoms with E-state index < -0.39 is 0 Å². The van der Waals surface area contributed by atoms with Crippen LogP contribution in [-0.4, -0.2) is 30.5 Å². The van der Waals surface area contributed by atoms with Crippen LogP contribution in [0.2, 0.25) is 0 Å². The first-order chi connectivity index (χ1) is 12.6. The molecule has 0 aliphatic carbocycles. The zero-order valence-corrected chi connectivity index (χ0v) is 13.9. The summed E-state index contributed by atoms with van der Waals surface area (Å²) in [4.78, 5) is 33.0. The van der Waals surface area contributed by atoms with E-state index in [1.807, 2.05) is 25.1 Å². The topological polar surface area (TPSA) is 96.4 Å². The van der Waals surface area contributed by atoms with Crippen molar-refractivity contribution in [1.82, 2.24) is 24.7 Å². The lowest BCUT2D eigenvalue weighted by atomic mass is 10.1. The van der Waals surface area contributed by atoms with E-state index in [0.717, 1.165) is 16.8 Å². The Morgan fingerprint density at radius 1 is 1.12 bits per heavy atom. The Balaban J connectivity index is 1.57. The van der Waals surface area contributed by atoms with Crippen molar-refractivity contribution in [3.05, 3.63) is 82.3 Å². The van der Waals surface area contributed by atoms with Gasteiger partial charge in [0.2, 0.25) is 0 Å². The Bertz CT molecular complexity index is 1180. The zero-order chi connectivity index (χ0) is 18.1. The number of carbonyl (C=O) groups is 1. The fraction of sp³-hybridized carbons (Fsp3) is 0.0526. The van der Waals surface area contributed by atoms with Crippen molar-refractivity contribution >= 4 is 22.9 Å². The molecule has 4 aromatic rings. The Kier molecular flexibility index (Phi) is 3.81. The summed E-state index contributed by atoms with van der Waals surface area (Å²) in [6.07, 6.45) is 6.42. The van der Waals surface area contributed by atoms with E-state index in [1.54, 1.807) is 35.3 Å². The van der Waals surface area contributed by atoms with Crippen LogP contribution in [0.1, 0.15) is 21.5 Å². The van der Waals surface area contributed by atoms with Crippen molar-refractivity contribution in [3.8, 4) is 5.69 Å². The summed E-state index contributed by atoms with van der Waals surface area (Å²) in [6, 6.07) is 10.9. The molecule has 0 saturated carbocycles. The number of hydrogen-bond acceptors (Lipinski definition) is 4. The van der Waals surface area contributed by atoms with Gasteiger partial charge in [0.15, 0.2) is 5.78 Å². The fourth-order valence-electron chi connectivity index (χ4n) is 2.83. The SMILES string of the molecule is Cc1cc(/C=C/C(=O)c2ccc3[nH]c(=O)[nH]c3c2)ccc1-n1cncn1. The van der Waals surface area contributed by atoms with E-state index in [1.165, 1.54) is 12.4 Å². The first-order valence-electron chi connectivity index (χ1n) is 8.00. The minimum absolute atomic E-state index is 0.132. The molecule has 0 saturated heterocycles. The molecule has 4 rings (SSSR count). The van der Waals surface area contributed by atoms with Gasteiger partial charge in [0.05, 0.1) is 16.7 Å². The van der Waals surface area contributed by atoms with E-state index in [2.05, 4.69) is 20.1 Å². The standard InChI is InChI=1S/C19H15N5O2/c1-12-8-13(2-6-17(12)24-11-20-10-21-24)3-7-18(25)14-4-5-15-16(9-14)23-19(26)22-15/h2-11H,1H3,(H2,22,23,26)/b7-3+. The van der Waals surface area contributed by atoms with E-state index in [4.69, 9.17) is 0 Å². The van der Waals surface area contributed by atoms with E-state index in [-0.39, 0.29) is 11.5 Å². The summed E-state index contributed by atoms with van der Waals surface area (Å²) in [6.45, 7) is 1.98. The second-order valence-corrected chi connectivity index (χ2v) is 5.92. The minimum Gasteiger partial charge on any atom is -0.306 e. The number of aryl methyl sites for hydroxylation is 1. The van der Waals surface area contributed by atoms with Crippen LogP contribution in [0.4, 0.5) is 0 Å². The number of benzene rings is 2. The summed E-state index contributed by atoms with van der Waals surface area (Å²) >= 11 is 0. The lowest BCUT2D eigenvalue weighted by molar-refractivity contribution is 0.104. The molecule has 0 amide bonds. The van der Waals surface area contributed by atoms with Gasteiger partial charge in [0.25, 0.3) is 0 Å². The van der Waals surface area contributed by atoms with Crippen molar-refractivity contribution in [2.45, 2.75) is 6.92 Å². The van der Waals surface area contributed by atoms with Crippen LogP contribution in [0.25, 0.3) is 22.8 Å². The molecule has 0 bridgehead atoms. The second-order valence-electron chi connectivity index (χ2n) is 5.92. The number of ketones is 1. The minimum atomic E-state index is -0.289. The molecule has 0 fully saturated rings. The Labute approximate surface area is 148 Å². The molecule has 7 nitrogen and oxygen atoms in total. The number of nitrogens with zero attached hydrogens (tertiary/aromatic N) is 3. The third kappa shape index (κ3) is 2.98. The molecule has 2 aromatic heterocycles. The molecule has 0 radical (unpaired) electrons. The highest BCUT2D eigenvalue weighted by Crippen LogP contribution is 2.16. The molecule has 0 spiro atoms. The maximum atomic E-state index is 12.4. The second kappa shape index (κ2) is 6.29. The summed E-state index contributed by atoms with van der Waals surface area (Å²) in [7, 11) is 0. The van der Waals surface area contributed by atoms with Gasteiger partial charge in [-0.05, 0) is 54.5 Å². The van der Waals surface area contributed by atoms with Crippen molar-refractivity contribution in [2.24, 2.45) is 0 Å². The molecule has 2 heterocycles. The van der Waals surface area contributed by atoms with Gasteiger partial charge in [0, 0.05) is 5.56 Å². The van der Waals surface area contributed by atoms with Crippen molar-refractivity contribution < 1.29 is 4.79 Å². The number of nitrogens with one attached hydrogen (secondary N) is 2. The quantitative estimate of drug-likeness (QED) is 0.439. The Morgan fingerprint density at radius 2 is 1.96 bits per heavy atom. The number of aromatic amines is 2. The van der Waals surface area contributed by atoms with Crippen LogP contribution < -0.4 is 5.69 Å². The number of aromatic nitrogens is 5. The largest absolute Gasteiger partial charge is 0.323 e. The number of carbonyl (C=O) groups excluding carboxylic acids is 1. The maximum absolute atomic E-state index is 12.4. The average Bonchev–Trinajstić information content (AvgIpc) is 3.27. The summed E-state index contributed by atoms with van der Waals surface area (Å²) < 4.78 is 1.70. The Hall–Kier alpha value is -3.74. The van der Waals surface area contributed by atoms with E-state index in [0.29, 0.717) is 16.6 Å². The van der Waals surface area contributed by atoms with Crippen molar-refractivity contribution in [2.75, 3.05) is 0 Å². The number of rotatable bonds is 4. The van der Waals surface area contributed by atoms with Gasteiger partial charge in [-0.25, -0.2) is 14.5 Å². The van der Waals surface area contributed by atoms with Crippen LogP contribution in [0.5, 0.6) is 0 Å². The highest BCUT2D eigenvalue weighted by Gasteiger charge is 2.06. The lowest BCUT2D eigenvalue weighted by Gasteiger charge is -2.06. The molecular formula is C19H15N5O2. The van der Waals surface area contributed by atoms with Gasteiger partial charge in [-0.2, -0.15) is 5.10 Å². The van der Waals surface area contributed by atoms with Crippen LogP contribution in [0.3, 0.4) is 0 Å². The van der Waals surface area contributed by atoms with Gasteiger partial charge in [-0.1, -0.05) is 12.1 Å². The number of allylic oxidation sites excluding steroid dienone is 1. The highest BCUT2D eigenvalue weighted by molar-refractivity contribution is 6.08. The normalized spacial score (nSPS) is 11.4. The highest BCUT2D eigenvalue weighted by atomic mass is 16.1. The average molecular weight is 345 g/mol. The molecule has 0 aliphatic rings. The summed E-state index contributed by atoms with van der Waals surface area (Å²) in [5.74, 6) is -0.132. The molecule has 2 aromatic carbocycles. The molecule has 0 aliphatic heterocycles. The maximum Gasteiger partial charge on any atom is 0.323 e. The monoisotopic (exact) mass is 345 g/mol. The Morgan fingerprint density at radius 3 is 2.73 bits per heavy atom. The van der Waals surface area contributed by atoms with Crippen LogP contribution in [0.15, 0.2) is 59.9 Å². The number of hydrogen-bond donors (Lipinski definition) is 2. The van der Waals surface area contributed by atoms with Crippen LogP contribution >= 0.6 is 0 Å². The predicted molar refractivity (Wildman–Crippen MR) is 98.4 cm³/mol.